The van der Waals surface area contributed by atoms with Gasteiger partial charge < -0.3 is 14.7 Å². The highest BCUT2D eigenvalue weighted by Crippen LogP contribution is 2.27. The van der Waals surface area contributed by atoms with E-state index in [0.717, 1.165) is 38.9 Å². The highest BCUT2D eigenvalue weighted by Gasteiger charge is 2.13. The highest BCUT2D eigenvalue weighted by molar-refractivity contribution is 5.96. The number of furan rings is 1. The zero-order chi connectivity index (χ0) is 21.3. The number of carbonyl (C=O) groups excluding carboxylic acids is 1. The monoisotopic (exact) mass is 401 g/mol. The predicted octanol–water partition coefficient (Wildman–Crippen LogP) is 4.54. The third-order valence-electron chi connectivity index (χ3n) is 5.27. The maximum absolute atomic E-state index is 12.7. The number of benzene rings is 2. The minimum absolute atomic E-state index is 0.142. The summed E-state index contributed by atoms with van der Waals surface area (Å²) in [5, 5.41) is 3.88. The number of aryl methyl sites for hydroxylation is 3. The summed E-state index contributed by atoms with van der Waals surface area (Å²) in [6.45, 7) is 6.00. The fourth-order valence-electron chi connectivity index (χ4n) is 3.47. The minimum atomic E-state index is -0.191. The second-order valence-corrected chi connectivity index (χ2v) is 7.39. The van der Waals surface area contributed by atoms with Crippen molar-refractivity contribution in [2.75, 3.05) is 5.32 Å². The first-order chi connectivity index (χ1) is 14.4. The Morgan fingerprint density at radius 3 is 2.80 bits per heavy atom. The van der Waals surface area contributed by atoms with E-state index < -0.39 is 0 Å². The van der Waals surface area contributed by atoms with Crippen LogP contribution in [0.2, 0.25) is 0 Å². The van der Waals surface area contributed by atoms with E-state index in [9.17, 15) is 9.59 Å². The van der Waals surface area contributed by atoms with E-state index in [2.05, 4.69) is 15.3 Å². The molecule has 6 nitrogen and oxygen atoms in total. The van der Waals surface area contributed by atoms with Crippen LogP contribution in [0.5, 0.6) is 0 Å². The average Bonchev–Trinajstić information content (AvgIpc) is 3.13. The number of anilines is 1. The third-order valence-corrected chi connectivity index (χ3v) is 5.27. The second-order valence-electron chi connectivity index (χ2n) is 7.39. The van der Waals surface area contributed by atoms with E-state index in [-0.39, 0.29) is 17.9 Å². The standard InChI is InChI=1S/C24H23N3O3/c1-4-18-12-22(29)27-24(26-18)16-6-5-7-19(10-16)25-21(28)11-17-13-30-23-15(3)14(2)8-9-20(17)23/h5-10,12-13H,4,11H2,1-3H3,(H,25,28)(H,26,27,29). The molecule has 2 heterocycles. The molecule has 2 aromatic carbocycles. The Morgan fingerprint density at radius 1 is 1.17 bits per heavy atom. The van der Waals surface area contributed by atoms with Gasteiger partial charge in [-0.05, 0) is 43.5 Å². The summed E-state index contributed by atoms with van der Waals surface area (Å²) in [4.78, 5) is 31.7. The first-order valence-corrected chi connectivity index (χ1v) is 9.91. The van der Waals surface area contributed by atoms with E-state index in [1.165, 1.54) is 6.07 Å². The number of carbonyl (C=O) groups is 1. The number of rotatable bonds is 5. The number of aromatic nitrogens is 2. The fraction of sp³-hybridized carbons (Fsp3) is 0.208. The summed E-state index contributed by atoms with van der Waals surface area (Å²) < 4.78 is 5.70. The quantitative estimate of drug-likeness (QED) is 0.514. The summed E-state index contributed by atoms with van der Waals surface area (Å²) in [5.41, 5.74) is 5.83. The Morgan fingerprint density at radius 2 is 2.00 bits per heavy atom. The van der Waals surface area contributed by atoms with Crippen molar-refractivity contribution in [3.63, 3.8) is 0 Å². The van der Waals surface area contributed by atoms with Crippen molar-refractivity contribution >= 4 is 22.6 Å². The molecule has 0 saturated heterocycles. The molecule has 0 bridgehead atoms. The lowest BCUT2D eigenvalue weighted by atomic mass is 10.0. The normalized spacial score (nSPS) is 11.0. The number of nitrogens with zero attached hydrogens (tertiary/aromatic N) is 1. The molecule has 2 N–H and O–H groups in total. The van der Waals surface area contributed by atoms with Crippen LogP contribution in [0.25, 0.3) is 22.4 Å². The second kappa shape index (κ2) is 7.99. The number of aromatic amines is 1. The highest BCUT2D eigenvalue weighted by atomic mass is 16.3. The van der Waals surface area contributed by atoms with Gasteiger partial charge in [-0.3, -0.25) is 9.59 Å². The van der Waals surface area contributed by atoms with Crippen molar-refractivity contribution in [2.45, 2.75) is 33.6 Å². The molecule has 6 heteroatoms. The molecule has 4 rings (SSSR count). The molecule has 0 aliphatic rings. The van der Waals surface area contributed by atoms with Crippen LogP contribution in [0.15, 0.2) is 57.9 Å². The van der Waals surface area contributed by atoms with E-state index in [1.807, 2.05) is 51.1 Å². The van der Waals surface area contributed by atoms with Gasteiger partial charge in [0.05, 0.1) is 12.7 Å². The van der Waals surface area contributed by atoms with Crippen LogP contribution < -0.4 is 10.9 Å². The Kier molecular flexibility index (Phi) is 5.23. The van der Waals surface area contributed by atoms with Crippen LogP contribution in [0, 0.1) is 13.8 Å². The lowest BCUT2D eigenvalue weighted by molar-refractivity contribution is -0.115. The van der Waals surface area contributed by atoms with Crippen LogP contribution >= 0.6 is 0 Å². The van der Waals surface area contributed by atoms with E-state index in [0.29, 0.717) is 17.9 Å². The van der Waals surface area contributed by atoms with E-state index in [1.54, 1.807) is 12.3 Å². The van der Waals surface area contributed by atoms with Crippen LogP contribution in [0.1, 0.15) is 29.3 Å². The van der Waals surface area contributed by atoms with Crippen molar-refractivity contribution in [3.05, 3.63) is 81.5 Å². The van der Waals surface area contributed by atoms with E-state index >= 15 is 0 Å². The van der Waals surface area contributed by atoms with E-state index in [4.69, 9.17) is 4.42 Å². The number of fused-ring (bicyclic) bond motifs is 1. The van der Waals surface area contributed by atoms with Gasteiger partial charge in [0.1, 0.15) is 11.4 Å². The molecule has 0 fully saturated rings. The van der Waals surface area contributed by atoms with Crippen LogP contribution in [-0.2, 0) is 17.6 Å². The Hall–Kier alpha value is -3.67. The maximum atomic E-state index is 12.7. The SMILES string of the molecule is CCc1cc(=O)[nH]c(-c2cccc(NC(=O)Cc3coc4c(C)c(C)ccc34)c2)n1. The first kappa shape index (κ1) is 19.6. The topological polar surface area (TPSA) is 88.0 Å². The molecule has 30 heavy (non-hydrogen) atoms. The molecule has 152 valence electrons. The maximum Gasteiger partial charge on any atom is 0.251 e. The Bertz CT molecular complexity index is 1300. The van der Waals surface area contributed by atoms with Gasteiger partial charge in [-0.15, -0.1) is 0 Å². The van der Waals surface area contributed by atoms with Crippen molar-refractivity contribution in [1.82, 2.24) is 9.97 Å². The van der Waals surface area contributed by atoms with Crippen LogP contribution in [0.3, 0.4) is 0 Å². The Labute approximate surface area is 174 Å². The van der Waals surface area contributed by atoms with Gasteiger partial charge in [0.25, 0.3) is 5.56 Å². The lowest BCUT2D eigenvalue weighted by Gasteiger charge is -2.08. The van der Waals surface area contributed by atoms with Crippen LogP contribution in [0.4, 0.5) is 5.69 Å². The zero-order valence-electron chi connectivity index (χ0n) is 17.2. The number of nitrogens with one attached hydrogen (secondary N) is 2. The van der Waals surface area contributed by atoms with Gasteiger partial charge in [0, 0.05) is 34.0 Å². The summed E-state index contributed by atoms with van der Waals surface area (Å²) in [7, 11) is 0. The molecule has 0 unspecified atom stereocenters. The van der Waals surface area contributed by atoms with Crippen molar-refractivity contribution in [1.29, 1.82) is 0 Å². The molecule has 0 aliphatic heterocycles. The van der Waals surface area contributed by atoms with Crippen molar-refractivity contribution in [3.8, 4) is 11.4 Å². The molecule has 0 spiro atoms. The van der Waals surface area contributed by atoms with Gasteiger partial charge >= 0.3 is 0 Å². The summed E-state index contributed by atoms with van der Waals surface area (Å²) in [6.07, 6.45) is 2.53. The molecule has 4 aromatic rings. The van der Waals surface area contributed by atoms with Crippen molar-refractivity contribution in [2.24, 2.45) is 0 Å². The molecule has 0 aliphatic carbocycles. The number of amides is 1. The zero-order valence-corrected chi connectivity index (χ0v) is 17.2. The van der Waals surface area contributed by atoms with Gasteiger partial charge in [-0.25, -0.2) is 4.98 Å². The molecule has 1 amide bonds. The third kappa shape index (κ3) is 3.89. The Balaban J connectivity index is 1.55. The summed E-state index contributed by atoms with van der Waals surface area (Å²) >= 11 is 0. The summed E-state index contributed by atoms with van der Waals surface area (Å²) in [5.74, 6) is 0.346. The average molecular weight is 401 g/mol. The molecule has 0 atom stereocenters. The lowest BCUT2D eigenvalue weighted by Crippen LogP contribution is -2.14. The van der Waals surface area contributed by atoms with Crippen LogP contribution in [-0.4, -0.2) is 15.9 Å². The summed E-state index contributed by atoms with van der Waals surface area (Å²) in [6, 6.07) is 12.8. The fourth-order valence-corrected chi connectivity index (χ4v) is 3.47. The minimum Gasteiger partial charge on any atom is -0.464 e. The van der Waals surface area contributed by atoms with Gasteiger partial charge in [-0.1, -0.05) is 31.2 Å². The molecule has 2 aromatic heterocycles. The molecule has 0 radical (unpaired) electrons. The number of hydrogen-bond donors (Lipinski definition) is 2. The molecule has 0 saturated carbocycles. The first-order valence-electron chi connectivity index (χ1n) is 9.91. The molecular weight excluding hydrogens is 378 g/mol. The largest absolute Gasteiger partial charge is 0.464 e. The number of H-pyrrole nitrogens is 1. The van der Waals surface area contributed by atoms with Gasteiger partial charge in [-0.2, -0.15) is 0 Å². The smallest absolute Gasteiger partial charge is 0.251 e. The van der Waals surface area contributed by atoms with Gasteiger partial charge in [0.2, 0.25) is 5.91 Å². The van der Waals surface area contributed by atoms with Crippen molar-refractivity contribution < 1.29 is 9.21 Å². The van der Waals surface area contributed by atoms with Gasteiger partial charge in [0.15, 0.2) is 0 Å². The number of hydrogen-bond acceptors (Lipinski definition) is 4. The molecular formula is C24H23N3O3. The predicted molar refractivity (Wildman–Crippen MR) is 118 cm³/mol.